The molecule has 1 aliphatic rings. The van der Waals surface area contributed by atoms with Crippen molar-refractivity contribution >= 4 is 22.0 Å². The molecule has 1 aromatic carbocycles. The van der Waals surface area contributed by atoms with Crippen LogP contribution in [0.15, 0.2) is 22.7 Å². The molecule has 0 saturated heterocycles. The maximum atomic E-state index is 7.35. The van der Waals surface area contributed by atoms with Crippen LogP contribution in [-0.4, -0.2) is 12.6 Å². The van der Waals surface area contributed by atoms with Crippen LogP contribution in [0.25, 0.3) is 0 Å². The van der Waals surface area contributed by atoms with Crippen molar-refractivity contribution in [2.24, 2.45) is 17.6 Å². The molecular weight excluding hydrogens is 328 g/mol. The second kappa shape index (κ2) is 7.30. The molecule has 1 saturated carbocycles. The molecule has 0 aliphatic heterocycles. The van der Waals surface area contributed by atoms with Crippen molar-refractivity contribution in [1.29, 1.82) is 5.41 Å². The summed E-state index contributed by atoms with van der Waals surface area (Å²) in [6.45, 7) is 4.99. The molecule has 21 heavy (non-hydrogen) atoms. The molecule has 0 aromatic heterocycles. The number of amidine groups is 1. The number of aryl methyl sites for hydroxylation is 1. The lowest BCUT2D eigenvalue weighted by molar-refractivity contribution is 0.179. The monoisotopic (exact) mass is 352 g/mol. The van der Waals surface area contributed by atoms with Crippen LogP contribution in [0, 0.1) is 24.2 Å². The Balaban J connectivity index is 2.25. The van der Waals surface area contributed by atoms with Crippen molar-refractivity contribution in [3.63, 3.8) is 0 Å². The number of benzene rings is 1. The predicted molar refractivity (Wildman–Crippen MR) is 90.6 cm³/mol. The molecule has 3 unspecified atom stereocenters. The molecule has 0 heterocycles. The molecule has 116 valence electrons. The third-order valence-corrected chi connectivity index (χ3v) is 5.10. The highest BCUT2D eigenvalue weighted by molar-refractivity contribution is 9.10. The fraction of sp³-hybridized carbons (Fsp3) is 0.588. The van der Waals surface area contributed by atoms with E-state index in [-0.39, 0.29) is 6.02 Å². The van der Waals surface area contributed by atoms with Crippen LogP contribution < -0.4 is 5.73 Å². The number of rotatable bonds is 4. The summed E-state index contributed by atoms with van der Waals surface area (Å²) in [5.41, 5.74) is 8.00. The Morgan fingerprint density at radius 1 is 1.48 bits per heavy atom. The number of halogens is 1. The average molecular weight is 353 g/mol. The van der Waals surface area contributed by atoms with Gasteiger partial charge in [0.1, 0.15) is 0 Å². The summed E-state index contributed by atoms with van der Waals surface area (Å²) in [4.78, 5) is 0. The first-order chi connectivity index (χ1) is 9.97. The Hall–Kier alpha value is -1.03. The SMILES string of the molecule is Cc1ccc(Br)cc1C(COC(=N)N)C1CCCC(C)C1. The van der Waals surface area contributed by atoms with Gasteiger partial charge in [-0.25, -0.2) is 0 Å². The Labute approximate surface area is 135 Å². The van der Waals surface area contributed by atoms with E-state index < -0.39 is 0 Å². The molecule has 0 radical (unpaired) electrons. The first-order valence-electron chi connectivity index (χ1n) is 7.70. The Morgan fingerprint density at radius 2 is 2.24 bits per heavy atom. The number of hydrogen-bond acceptors (Lipinski definition) is 2. The van der Waals surface area contributed by atoms with Crippen LogP contribution in [0.1, 0.15) is 49.7 Å². The van der Waals surface area contributed by atoms with Crippen LogP contribution in [0.4, 0.5) is 0 Å². The number of nitrogens with one attached hydrogen (secondary N) is 1. The predicted octanol–water partition coefficient (Wildman–Crippen LogP) is 4.58. The highest BCUT2D eigenvalue weighted by Gasteiger charge is 2.29. The summed E-state index contributed by atoms with van der Waals surface area (Å²) in [5, 5.41) is 7.35. The zero-order valence-corrected chi connectivity index (χ0v) is 14.4. The van der Waals surface area contributed by atoms with Crippen LogP contribution in [0.5, 0.6) is 0 Å². The largest absolute Gasteiger partial charge is 0.465 e. The van der Waals surface area contributed by atoms with Crippen LogP contribution >= 0.6 is 15.9 Å². The van der Waals surface area contributed by atoms with Crippen molar-refractivity contribution in [1.82, 2.24) is 0 Å². The lowest BCUT2D eigenvalue weighted by Gasteiger charge is -2.34. The van der Waals surface area contributed by atoms with Gasteiger partial charge in [-0.05, 0) is 54.9 Å². The van der Waals surface area contributed by atoms with Gasteiger partial charge < -0.3 is 10.5 Å². The summed E-state index contributed by atoms with van der Waals surface area (Å²) < 4.78 is 6.48. The van der Waals surface area contributed by atoms with Gasteiger partial charge in [-0.3, -0.25) is 5.41 Å². The van der Waals surface area contributed by atoms with Gasteiger partial charge in [-0.1, -0.05) is 41.8 Å². The van der Waals surface area contributed by atoms with Gasteiger partial charge in [0.15, 0.2) is 0 Å². The van der Waals surface area contributed by atoms with Gasteiger partial charge >= 0.3 is 0 Å². The molecule has 0 amide bonds. The van der Waals surface area contributed by atoms with Gasteiger partial charge in [0.2, 0.25) is 0 Å². The van der Waals surface area contributed by atoms with Crippen molar-refractivity contribution < 1.29 is 4.74 Å². The normalized spacial score (nSPS) is 23.6. The third-order valence-electron chi connectivity index (χ3n) is 4.61. The summed E-state index contributed by atoms with van der Waals surface area (Å²) in [6, 6.07) is 6.23. The minimum atomic E-state index is -0.184. The second-order valence-corrected chi connectivity index (χ2v) is 7.23. The van der Waals surface area contributed by atoms with E-state index in [1.165, 1.54) is 36.8 Å². The zero-order valence-electron chi connectivity index (χ0n) is 12.9. The topological polar surface area (TPSA) is 59.1 Å². The Kier molecular flexibility index (Phi) is 5.68. The molecule has 4 heteroatoms. The quantitative estimate of drug-likeness (QED) is 0.615. The van der Waals surface area contributed by atoms with E-state index in [9.17, 15) is 0 Å². The Bertz CT molecular complexity index is 504. The number of hydrogen-bond donors (Lipinski definition) is 2. The standard InChI is InChI=1S/C17H25BrN2O/c1-11-4-3-5-13(8-11)16(10-21-17(19)20)15-9-14(18)7-6-12(15)2/h6-7,9,11,13,16H,3-5,8,10H2,1-2H3,(H3,19,20). The minimum absolute atomic E-state index is 0.184. The van der Waals surface area contributed by atoms with Crippen LogP contribution in [0.3, 0.4) is 0 Å². The van der Waals surface area contributed by atoms with Crippen molar-refractivity contribution in [2.45, 2.75) is 45.4 Å². The molecule has 3 atom stereocenters. The van der Waals surface area contributed by atoms with E-state index in [1.54, 1.807) is 0 Å². The van der Waals surface area contributed by atoms with E-state index in [0.717, 1.165) is 10.4 Å². The number of ether oxygens (including phenoxy) is 1. The average Bonchev–Trinajstić information content (AvgIpc) is 2.42. The molecule has 1 aromatic rings. The van der Waals surface area contributed by atoms with Gasteiger partial charge in [-0.15, -0.1) is 0 Å². The third kappa shape index (κ3) is 4.47. The van der Waals surface area contributed by atoms with Gasteiger partial charge in [0, 0.05) is 10.4 Å². The summed E-state index contributed by atoms with van der Waals surface area (Å²) in [7, 11) is 0. The molecule has 0 bridgehead atoms. The van der Waals surface area contributed by atoms with E-state index >= 15 is 0 Å². The fourth-order valence-corrected chi connectivity index (χ4v) is 3.90. The maximum Gasteiger partial charge on any atom is 0.279 e. The fourth-order valence-electron chi connectivity index (χ4n) is 3.52. The highest BCUT2D eigenvalue weighted by Crippen LogP contribution is 2.40. The lowest BCUT2D eigenvalue weighted by Crippen LogP contribution is -2.27. The maximum absolute atomic E-state index is 7.35. The molecule has 1 fully saturated rings. The van der Waals surface area contributed by atoms with E-state index in [4.69, 9.17) is 15.9 Å². The van der Waals surface area contributed by atoms with Gasteiger partial charge in [-0.2, -0.15) is 0 Å². The first-order valence-corrected chi connectivity index (χ1v) is 8.49. The van der Waals surface area contributed by atoms with Crippen molar-refractivity contribution in [3.8, 4) is 0 Å². The van der Waals surface area contributed by atoms with Crippen LogP contribution in [-0.2, 0) is 4.74 Å². The molecule has 1 aliphatic carbocycles. The molecule has 3 N–H and O–H groups in total. The molecular formula is C17H25BrN2O. The zero-order chi connectivity index (χ0) is 15.4. The number of nitrogens with two attached hydrogens (primary N) is 1. The van der Waals surface area contributed by atoms with Crippen molar-refractivity contribution in [3.05, 3.63) is 33.8 Å². The van der Waals surface area contributed by atoms with Gasteiger partial charge in [0.05, 0.1) is 6.61 Å². The smallest absolute Gasteiger partial charge is 0.279 e. The van der Waals surface area contributed by atoms with E-state index in [1.807, 2.05) is 0 Å². The Morgan fingerprint density at radius 3 is 2.90 bits per heavy atom. The van der Waals surface area contributed by atoms with E-state index in [0.29, 0.717) is 18.4 Å². The van der Waals surface area contributed by atoms with Crippen LogP contribution in [0.2, 0.25) is 0 Å². The second-order valence-electron chi connectivity index (χ2n) is 6.31. The first kappa shape index (κ1) is 16.3. The van der Waals surface area contributed by atoms with E-state index in [2.05, 4.69) is 48.0 Å². The van der Waals surface area contributed by atoms with Crippen molar-refractivity contribution in [2.75, 3.05) is 6.61 Å². The summed E-state index contributed by atoms with van der Waals surface area (Å²) >= 11 is 3.57. The molecule has 0 spiro atoms. The minimum Gasteiger partial charge on any atom is -0.465 e. The molecule has 3 nitrogen and oxygen atoms in total. The molecule has 2 rings (SSSR count). The lowest BCUT2D eigenvalue weighted by atomic mass is 9.73. The summed E-state index contributed by atoms with van der Waals surface area (Å²) in [5.74, 6) is 1.70. The summed E-state index contributed by atoms with van der Waals surface area (Å²) in [6.07, 6.45) is 5.09. The van der Waals surface area contributed by atoms with Gasteiger partial charge in [0.25, 0.3) is 6.02 Å². The highest BCUT2D eigenvalue weighted by atomic mass is 79.9.